The van der Waals surface area contributed by atoms with Gasteiger partial charge in [-0.15, -0.1) is 0 Å². The van der Waals surface area contributed by atoms with E-state index < -0.39 is 0 Å². The van der Waals surface area contributed by atoms with Crippen LogP contribution in [0.2, 0.25) is 0 Å². The van der Waals surface area contributed by atoms with Gasteiger partial charge in [0.1, 0.15) is 0 Å². The molecular weight excluding hydrogens is 240 g/mol. The lowest BCUT2D eigenvalue weighted by Crippen LogP contribution is -1.71. The fourth-order valence-electron chi connectivity index (χ4n) is 1.61. The second-order valence-electron chi connectivity index (χ2n) is 4.32. The molecule has 0 fully saturated rings. The molecule has 0 nitrogen and oxygen atoms in total. The Bertz CT molecular complexity index is 363. The Labute approximate surface area is 126 Å². The smallest absolute Gasteiger partial charge is 0.0398 e. The lowest BCUT2D eigenvalue weighted by molar-refractivity contribution is 1.39. The SMILES string of the molecule is CC.CC.Cc1cccc(C)c1.Cc1cccc(C)c1. The molecule has 0 heterocycles. The third-order valence-corrected chi connectivity index (χ3v) is 2.35. The summed E-state index contributed by atoms with van der Waals surface area (Å²) in [6.45, 7) is 16.4. The van der Waals surface area contributed by atoms with Gasteiger partial charge in [0.05, 0.1) is 0 Å². The molecule has 112 valence electrons. The van der Waals surface area contributed by atoms with Gasteiger partial charge in [0.15, 0.2) is 0 Å². The Hall–Kier alpha value is -1.56. The van der Waals surface area contributed by atoms with Crippen LogP contribution in [0.15, 0.2) is 48.5 Å². The Morgan fingerprint density at radius 1 is 0.450 bits per heavy atom. The molecule has 0 aliphatic heterocycles. The maximum absolute atomic E-state index is 2.17. The second kappa shape index (κ2) is 13.9. The molecule has 2 rings (SSSR count). The first-order chi connectivity index (χ1) is 9.58. The Morgan fingerprint density at radius 3 is 0.750 bits per heavy atom. The molecule has 0 saturated carbocycles. The molecule has 0 spiro atoms. The molecule has 0 heteroatoms. The van der Waals surface area contributed by atoms with Crippen molar-refractivity contribution in [3.63, 3.8) is 0 Å². The minimum absolute atomic E-state index is 1.34. The van der Waals surface area contributed by atoms with E-state index in [0.29, 0.717) is 0 Å². The van der Waals surface area contributed by atoms with Crippen LogP contribution >= 0.6 is 0 Å². The molecule has 20 heavy (non-hydrogen) atoms. The van der Waals surface area contributed by atoms with E-state index in [2.05, 4.69) is 76.2 Å². The van der Waals surface area contributed by atoms with E-state index in [0.717, 1.165) is 0 Å². The van der Waals surface area contributed by atoms with Crippen molar-refractivity contribution in [2.24, 2.45) is 0 Å². The third kappa shape index (κ3) is 11.5. The number of rotatable bonds is 0. The van der Waals surface area contributed by atoms with Crippen molar-refractivity contribution in [1.82, 2.24) is 0 Å². The zero-order valence-electron chi connectivity index (χ0n) is 14.6. The summed E-state index contributed by atoms with van der Waals surface area (Å²) in [6.07, 6.45) is 0. The van der Waals surface area contributed by atoms with Crippen molar-refractivity contribution in [1.29, 1.82) is 0 Å². The van der Waals surface area contributed by atoms with E-state index in [1.54, 1.807) is 0 Å². The molecule has 0 amide bonds. The van der Waals surface area contributed by atoms with Gasteiger partial charge < -0.3 is 0 Å². The van der Waals surface area contributed by atoms with E-state index in [9.17, 15) is 0 Å². The summed E-state index contributed by atoms with van der Waals surface area (Å²) >= 11 is 0. The normalized spacial score (nSPS) is 8.00. The highest BCUT2D eigenvalue weighted by Crippen LogP contribution is 2.00. The largest absolute Gasteiger partial charge is 0.0683 e. The fraction of sp³-hybridized carbons (Fsp3) is 0.400. The Balaban J connectivity index is 0. The molecule has 0 aromatic heterocycles. The molecular formula is C20H32. The second-order valence-corrected chi connectivity index (χ2v) is 4.32. The standard InChI is InChI=1S/2C8H10.2C2H6/c2*1-7-4-3-5-8(2)6-7;2*1-2/h2*3-6H,1-2H3;2*1-2H3. The van der Waals surface area contributed by atoms with Gasteiger partial charge in [-0.25, -0.2) is 0 Å². The highest BCUT2D eigenvalue weighted by Gasteiger charge is 1.81. The zero-order chi connectivity index (χ0) is 16.0. The quantitative estimate of drug-likeness (QED) is 0.503. The van der Waals surface area contributed by atoms with Crippen LogP contribution in [-0.4, -0.2) is 0 Å². The third-order valence-electron chi connectivity index (χ3n) is 2.35. The van der Waals surface area contributed by atoms with Crippen molar-refractivity contribution < 1.29 is 0 Å². The summed E-state index contributed by atoms with van der Waals surface area (Å²) in [5, 5.41) is 0. The lowest BCUT2D eigenvalue weighted by Gasteiger charge is -1.90. The molecule has 0 atom stereocenters. The zero-order valence-corrected chi connectivity index (χ0v) is 14.6. The van der Waals surface area contributed by atoms with Crippen molar-refractivity contribution in [3.05, 3.63) is 70.8 Å². The summed E-state index contributed by atoms with van der Waals surface area (Å²) in [6, 6.07) is 16.9. The van der Waals surface area contributed by atoms with Crippen LogP contribution in [0.5, 0.6) is 0 Å². The van der Waals surface area contributed by atoms with Crippen LogP contribution in [-0.2, 0) is 0 Å². The minimum atomic E-state index is 1.34. The van der Waals surface area contributed by atoms with E-state index in [1.165, 1.54) is 22.3 Å². The van der Waals surface area contributed by atoms with Crippen LogP contribution in [0.1, 0.15) is 49.9 Å². The predicted octanol–water partition coefficient (Wildman–Crippen LogP) is 6.66. The van der Waals surface area contributed by atoms with Gasteiger partial charge in [-0.1, -0.05) is 98.5 Å². The number of aryl methyl sites for hydroxylation is 4. The molecule has 2 aromatic rings. The van der Waals surface area contributed by atoms with Crippen molar-refractivity contribution in [3.8, 4) is 0 Å². The van der Waals surface area contributed by atoms with Crippen LogP contribution in [0, 0.1) is 27.7 Å². The van der Waals surface area contributed by atoms with Gasteiger partial charge in [0.25, 0.3) is 0 Å². The molecule has 0 bridgehead atoms. The molecule has 2 aromatic carbocycles. The molecule has 0 saturated heterocycles. The molecule has 0 N–H and O–H groups in total. The average molecular weight is 272 g/mol. The van der Waals surface area contributed by atoms with Crippen LogP contribution in [0.4, 0.5) is 0 Å². The fourth-order valence-corrected chi connectivity index (χ4v) is 1.61. The highest BCUT2D eigenvalue weighted by molar-refractivity contribution is 5.20. The topological polar surface area (TPSA) is 0 Å². The van der Waals surface area contributed by atoms with Crippen molar-refractivity contribution in [2.45, 2.75) is 55.4 Å². The van der Waals surface area contributed by atoms with E-state index in [-0.39, 0.29) is 0 Å². The summed E-state index contributed by atoms with van der Waals surface area (Å²) in [4.78, 5) is 0. The van der Waals surface area contributed by atoms with Crippen LogP contribution in [0.3, 0.4) is 0 Å². The number of benzene rings is 2. The molecule has 0 unspecified atom stereocenters. The van der Waals surface area contributed by atoms with Gasteiger partial charge in [-0.2, -0.15) is 0 Å². The van der Waals surface area contributed by atoms with Crippen molar-refractivity contribution >= 4 is 0 Å². The molecule has 0 radical (unpaired) electrons. The summed E-state index contributed by atoms with van der Waals surface area (Å²) in [5.41, 5.74) is 5.35. The maximum Gasteiger partial charge on any atom is -0.0398 e. The first-order valence-corrected chi connectivity index (χ1v) is 7.64. The molecule has 0 aliphatic rings. The van der Waals surface area contributed by atoms with Gasteiger partial charge in [-0.3, -0.25) is 0 Å². The van der Waals surface area contributed by atoms with E-state index >= 15 is 0 Å². The van der Waals surface area contributed by atoms with Crippen LogP contribution in [0.25, 0.3) is 0 Å². The first-order valence-electron chi connectivity index (χ1n) is 7.64. The monoisotopic (exact) mass is 272 g/mol. The molecule has 0 aliphatic carbocycles. The van der Waals surface area contributed by atoms with Gasteiger partial charge in [-0.05, 0) is 27.7 Å². The Kier molecular flexibility index (Phi) is 14.4. The first kappa shape index (κ1) is 20.8. The summed E-state index contributed by atoms with van der Waals surface area (Å²) in [7, 11) is 0. The Morgan fingerprint density at radius 2 is 0.650 bits per heavy atom. The average Bonchev–Trinajstić information content (AvgIpc) is 2.43. The van der Waals surface area contributed by atoms with Gasteiger partial charge in [0, 0.05) is 0 Å². The highest BCUT2D eigenvalue weighted by atomic mass is 13.9. The number of hydrogen-bond donors (Lipinski definition) is 0. The lowest BCUT2D eigenvalue weighted by atomic mass is 10.2. The number of hydrogen-bond acceptors (Lipinski definition) is 0. The van der Waals surface area contributed by atoms with Crippen molar-refractivity contribution in [2.75, 3.05) is 0 Å². The van der Waals surface area contributed by atoms with Gasteiger partial charge in [0.2, 0.25) is 0 Å². The minimum Gasteiger partial charge on any atom is -0.0683 e. The van der Waals surface area contributed by atoms with Gasteiger partial charge >= 0.3 is 0 Å². The summed E-state index contributed by atoms with van der Waals surface area (Å²) in [5.74, 6) is 0. The van der Waals surface area contributed by atoms with Crippen LogP contribution < -0.4 is 0 Å². The maximum atomic E-state index is 2.17. The van der Waals surface area contributed by atoms with E-state index in [4.69, 9.17) is 0 Å². The predicted molar refractivity (Wildman–Crippen MR) is 94.5 cm³/mol. The summed E-state index contributed by atoms with van der Waals surface area (Å²) < 4.78 is 0. The van der Waals surface area contributed by atoms with E-state index in [1.807, 2.05) is 27.7 Å².